The summed E-state index contributed by atoms with van der Waals surface area (Å²) in [6.07, 6.45) is 3.74. The number of furan rings is 1. The van der Waals surface area contributed by atoms with Gasteiger partial charge in [0, 0.05) is 65.5 Å². The van der Waals surface area contributed by atoms with Crippen molar-refractivity contribution in [2.45, 2.75) is 47.0 Å². The van der Waals surface area contributed by atoms with E-state index in [1.807, 2.05) is 67.7 Å². The van der Waals surface area contributed by atoms with E-state index >= 15 is 0 Å². The fourth-order valence-corrected chi connectivity index (χ4v) is 6.68. The van der Waals surface area contributed by atoms with E-state index in [4.69, 9.17) is 19.4 Å². The molecule has 9 aromatic rings. The van der Waals surface area contributed by atoms with E-state index in [0.29, 0.717) is 0 Å². The van der Waals surface area contributed by atoms with Gasteiger partial charge in [0.15, 0.2) is 0 Å². The minimum atomic E-state index is 0. The van der Waals surface area contributed by atoms with Gasteiger partial charge in [-0.2, -0.15) is 0 Å². The van der Waals surface area contributed by atoms with Gasteiger partial charge >= 0.3 is 0 Å². The largest absolute Gasteiger partial charge is 0.498 e. The van der Waals surface area contributed by atoms with E-state index in [1.165, 1.54) is 11.1 Å². The molecule has 0 aliphatic rings. The van der Waals surface area contributed by atoms with Crippen molar-refractivity contribution in [3.8, 4) is 33.6 Å². The summed E-state index contributed by atoms with van der Waals surface area (Å²) in [5.41, 5.74) is 13.9. The van der Waals surface area contributed by atoms with Crippen LogP contribution in [-0.2, 0) is 25.5 Å². The maximum absolute atomic E-state index is 6.56. The molecule has 0 saturated carbocycles. The van der Waals surface area contributed by atoms with Crippen LogP contribution < -0.4 is 0 Å². The Bertz CT molecular complexity index is 2710. The average Bonchev–Trinajstić information content (AvgIpc) is 3.55. The van der Waals surface area contributed by atoms with Gasteiger partial charge in [-0.25, -0.2) is 4.98 Å². The number of hydrogen-bond donors (Lipinski definition) is 0. The molecule has 4 aromatic carbocycles. The summed E-state index contributed by atoms with van der Waals surface area (Å²) < 4.78 is 6.56. The Balaban J connectivity index is 0.000000284. The SMILES string of the molecule is Cc1ccc2ccc3c4cc[c-]c(-c5cc(-c6cc7ccc(C(C)(C)C)nc7cc6C)c(C)cn5)c4oc3c2n1.[Ir].[c-]1ccccc1-c1ccccn1. The van der Waals surface area contributed by atoms with Gasteiger partial charge in [0.05, 0.1) is 11.1 Å². The molecule has 263 valence electrons. The Morgan fingerprint density at radius 1 is 0.623 bits per heavy atom. The first-order valence-corrected chi connectivity index (χ1v) is 17.5. The maximum Gasteiger partial charge on any atom is 0.147 e. The van der Waals surface area contributed by atoms with Crippen molar-refractivity contribution in [1.82, 2.24) is 19.9 Å². The molecular formula is C47H38IrN4O-2. The Morgan fingerprint density at radius 3 is 2.17 bits per heavy atom. The summed E-state index contributed by atoms with van der Waals surface area (Å²) in [6.45, 7) is 12.9. The van der Waals surface area contributed by atoms with E-state index in [1.54, 1.807) is 6.20 Å². The standard InChI is InChI=1S/C36H30N3O.C11H8N.Ir/c1-20-16-30-24(13-15-32(39-30)36(4,5)6)17-28(20)29-18-31(37-19-21(29)2)27-9-7-8-25-26-14-12-23-11-10-22(3)38-33(23)35(26)40-34(25)27;1-2-6-10(7-3-1)11-8-4-5-9-12-11;/h7-8,10-19H,1-6H3;1-6,8-9H;/q2*-1;. The van der Waals surface area contributed by atoms with Gasteiger partial charge in [-0.1, -0.05) is 74.2 Å². The van der Waals surface area contributed by atoms with Gasteiger partial charge < -0.3 is 14.4 Å². The number of benzene rings is 4. The van der Waals surface area contributed by atoms with Crippen molar-refractivity contribution in [1.29, 1.82) is 0 Å². The summed E-state index contributed by atoms with van der Waals surface area (Å²) in [5.74, 6) is 0. The van der Waals surface area contributed by atoms with Crippen LogP contribution in [0.25, 0.3) is 77.4 Å². The molecule has 0 spiro atoms. The van der Waals surface area contributed by atoms with E-state index in [9.17, 15) is 0 Å². The topological polar surface area (TPSA) is 64.7 Å². The number of fused-ring (bicyclic) bond motifs is 6. The zero-order valence-corrected chi connectivity index (χ0v) is 33.0. The first kappa shape index (κ1) is 35.8. The molecule has 0 saturated heterocycles. The minimum absolute atomic E-state index is 0. The third-order valence-electron chi connectivity index (χ3n) is 9.50. The number of rotatable bonds is 3. The number of nitrogens with zero attached hydrogens (tertiary/aromatic N) is 4. The molecular weight excluding hydrogens is 829 g/mol. The van der Waals surface area contributed by atoms with Crippen LogP contribution in [0.2, 0.25) is 0 Å². The van der Waals surface area contributed by atoms with E-state index in [0.717, 1.165) is 88.8 Å². The molecule has 1 radical (unpaired) electrons. The van der Waals surface area contributed by atoms with Crippen molar-refractivity contribution in [2.24, 2.45) is 0 Å². The molecule has 5 nitrogen and oxygen atoms in total. The summed E-state index contributed by atoms with van der Waals surface area (Å²) >= 11 is 0. The first-order chi connectivity index (χ1) is 25.1. The molecule has 0 amide bonds. The van der Waals surface area contributed by atoms with E-state index < -0.39 is 0 Å². The van der Waals surface area contributed by atoms with Gasteiger partial charge in [0.25, 0.3) is 0 Å². The fourth-order valence-electron chi connectivity index (χ4n) is 6.68. The normalized spacial score (nSPS) is 11.4. The molecule has 5 aromatic heterocycles. The smallest absolute Gasteiger partial charge is 0.147 e. The van der Waals surface area contributed by atoms with Crippen LogP contribution >= 0.6 is 0 Å². The van der Waals surface area contributed by atoms with Crippen LogP contribution in [0.15, 0.2) is 126 Å². The number of aromatic nitrogens is 4. The van der Waals surface area contributed by atoms with Crippen molar-refractivity contribution in [3.05, 3.63) is 156 Å². The molecule has 53 heavy (non-hydrogen) atoms. The molecule has 0 aliphatic carbocycles. The zero-order valence-electron chi connectivity index (χ0n) is 30.6. The molecule has 0 unspecified atom stereocenters. The molecule has 0 aliphatic heterocycles. The molecule has 0 fully saturated rings. The summed E-state index contributed by atoms with van der Waals surface area (Å²) in [4.78, 5) is 18.8. The van der Waals surface area contributed by atoms with Gasteiger partial charge in [-0.3, -0.25) is 4.98 Å². The molecule has 0 bridgehead atoms. The third kappa shape index (κ3) is 7.01. The van der Waals surface area contributed by atoms with Crippen molar-refractivity contribution < 1.29 is 24.5 Å². The first-order valence-electron chi connectivity index (χ1n) is 17.5. The second-order valence-electron chi connectivity index (χ2n) is 14.3. The van der Waals surface area contributed by atoms with Crippen LogP contribution in [0, 0.1) is 32.9 Å². The van der Waals surface area contributed by atoms with Gasteiger partial charge in [0.2, 0.25) is 0 Å². The monoisotopic (exact) mass is 867 g/mol. The van der Waals surface area contributed by atoms with Crippen molar-refractivity contribution >= 4 is 43.7 Å². The Labute approximate surface area is 323 Å². The summed E-state index contributed by atoms with van der Waals surface area (Å²) in [7, 11) is 0. The van der Waals surface area contributed by atoms with Gasteiger partial charge in [-0.15, -0.1) is 54.1 Å². The quantitative estimate of drug-likeness (QED) is 0.166. The van der Waals surface area contributed by atoms with Gasteiger partial charge in [0.1, 0.15) is 11.1 Å². The van der Waals surface area contributed by atoms with Crippen LogP contribution in [0.4, 0.5) is 0 Å². The molecule has 0 atom stereocenters. The zero-order chi connectivity index (χ0) is 36.0. The Kier molecular flexibility index (Phi) is 9.78. The van der Waals surface area contributed by atoms with Crippen LogP contribution in [-0.4, -0.2) is 19.9 Å². The second-order valence-corrected chi connectivity index (χ2v) is 14.3. The summed E-state index contributed by atoms with van der Waals surface area (Å²) in [6, 6.07) is 43.6. The minimum Gasteiger partial charge on any atom is -0.498 e. The predicted octanol–water partition coefficient (Wildman–Crippen LogP) is 12.0. The van der Waals surface area contributed by atoms with Crippen molar-refractivity contribution in [2.75, 3.05) is 0 Å². The van der Waals surface area contributed by atoms with E-state index in [-0.39, 0.29) is 25.5 Å². The third-order valence-corrected chi connectivity index (χ3v) is 9.50. The average molecular weight is 867 g/mol. The number of hydrogen-bond acceptors (Lipinski definition) is 5. The Morgan fingerprint density at radius 2 is 1.40 bits per heavy atom. The van der Waals surface area contributed by atoms with E-state index in [2.05, 4.69) is 106 Å². The fraction of sp³-hybridized carbons (Fsp3) is 0.149. The van der Waals surface area contributed by atoms with Crippen LogP contribution in [0.5, 0.6) is 0 Å². The molecule has 0 N–H and O–H groups in total. The van der Waals surface area contributed by atoms with Crippen LogP contribution in [0.3, 0.4) is 0 Å². The summed E-state index contributed by atoms with van der Waals surface area (Å²) in [5, 5.41) is 4.29. The molecule has 5 heterocycles. The van der Waals surface area contributed by atoms with Crippen molar-refractivity contribution in [3.63, 3.8) is 0 Å². The molecule has 9 rings (SSSR count). The molecule has 6 heteroatoms. The number of aryl methyl sites for hydroxylation is 3. The second kappa shape index (κ2) is 14.5. The Hall–Kier alpha value is -5.55. The predicted molar refractivity (Wildman–Crippen MR) is 213 cm³/mol. The number of pyridine rings is 4. The van der Waals surface area contributed by atoms with Gasteiger partial charge in [-0.05, 0) is 84.7 Å². The maximum atomic E-state index is 6.56. The van der Waals surface area contributed by atoms with Crippen LogP contribution in [0.1, 0.15) is 43.3 Å².